The zero-order chi connectivity index (χ0) is 12.2. The van der Waals surface area contributed by atoms with E-state index in [1.54, 1.807) is 0 Å². The summed E-state index contributed by atoms with van der Waals surface area (Å²) < 4.78 is 10.0. The van der Waals surface area contributed by atoms with Crippen LogP contribution >= 0.6 is 0 Å². The average Bonchev–Trinajstić information content (AvgIpc) is 2.27. The van der Waals surface area contributed by atoms with E-state index < -0.39 is 6.10 Å². The van der Waals surface area contributed by atoms with Crippen LogP contribution in [0.25, 0.3) is 0 Å². The maximum atomic E-state index is 11.2. The minimum atomic E-state index is -0.707. The molecule has 0 aliphatic carbocycles. The van der Waals surface area contributed by atoms with Gasteiger partial charge in [0.2, 0.25) is 0 Å². The van der Waals surface area contributed by atoms with E-state index in [1.165, 1.54) is 0 Å². The SMILES string of the molecule is CCCCCC(=O)OCC(O)COCCC. The minimum Gasteiger partial charge on any atom is -0.463 e. The monoisotopic (exact) mass is 232 g/mol. The van der Waals surface area contributed by atoms with Crippen LogP contribution in [0.4, 0.5) is 0 Å². The average molecular weight is 232 g/mol. The number of aliphatic hydroxyl groups excluding tert-OH is 1. The van der Waals surface area contributed by atoms with Gasteiger partial charge in [0.1, 0.15) is 12.7 Å². The molecule has 0 aliphatic rings. The van der Waals surface area contributed by atoms with Gasteiger partial charge in [-0.3, -0.25) is 4.79 Å². The molecule has 0 aliphatic heterocycles. The molecule has 16 heavy (non-hydrogen) atoms. The molecule has 1 unspecified atom stereocenters. The zero-order valence-electron chi connectivity index (χ0n) is 10.4. The van der Waals surface area contributed by atoms with E-state index in [2.05, 4.69) is 6.92 Å². The van der Waals surface area contributed by atoms with Crippen LogP contribution in [-0.2, 0) is 14.3 Å². The standard InChI is InChI=1S/C12H24O4/c1-3-5-6-7-12(14)16-10-11(13)9-15-8-4-2/h11,13H,3-10H2,1-2H3. The van der Waals surface area contributed by atoms with E-state index in [0.29, 0.717) is 13.0 Å². The normalized spacial score (nSPS) is 12.4. The molecule has 0 saturated carbocycles. The summed E-state index contributed by atoms with van der Waals surface area (Å²) >= 11 is 0. The molecule has 0 aromatic heterocycles. The molecule has 0 spiro atoms. The van der Waals surface area contributed by atoms with Crippen molar-refractivity contribution in [3.8, 4) is 0 Å². The van der Waals surface area contributed by atoms with Crippen molar-refractivity contribution >= 4 is 5.97 Å². The van der Waals surface area contributed by atoms with E-state index in [1.807, 2.05) is 6.92 Å². The van der Waals surface area contributed by atoms with Gasteiger partial charge in [0.15, 0.2) is 0 Å². The van der Waals surface area contributed by atoms with Crippen LogP contribution < -0.4 is 0 Å². The van der Waals surface area contributed by atoms with Crippen LogP contribution in [0.1, 0.15) is 46.0 Å². The van der Waals surface area contributed by atoms with Gasteiger partial charge >= 0.3 is 5.97 Å². The summed E-state index contributed by atoms with van der Waals surface area (Å²) in [6.07, 6.45) is 3.64. The van der Waals surface area contributed by atoms with Gasteiger partial charge in [-0.05, 0) is 12.8 Å². The van der Waals surface area contributed by atoms with Gasteiger partial charge in [-0.1, -0.05) is 26.7 Å². The van der Waals surface area contributed by atoms with Crippen LogP contribution in [0.3, 0.4) is 0 Å². The molecule has 0 heterocycles. The van der Waals surface area contributed by atoms with Gasteiger partial charge in [-0.2, -0.15) is 0 Å². The number of aliphatic hydroxyl groups is 1. The summed E-state index contributed by atoms with van der Waals surface area (Å²) in [4.78, 5) is 11.2. The maximum Gasteiger partial charge on any atom is 0.305 e. The highest BCUT2D eigenvalue weighted by molar-refractivity contribution is 5.69. The van der Waals surface area contributed by atoms with Crippen molar-refractivity contribution in [2.24, 2.45) is 0 Å². The lowest BCUT2D eigenvalue weighted by atomic mass is 10.2. The number of carbonyl (C=O) groups excluding carboxylic acids is 1. The Bertz CT molecular complexity index is 170. The molecule has 1 atom stereocenters. The van der Waals surface area contributed by atoms with Crippen LogP contribution in [0, 0.1) is 0 Å². The molecule has 0 aromatic carbocycles. The Labute approximate surface area is 97.9 Å². The van der Waals surface area contributed by atoms with E-state index >= 15 is 0 Å². The summed E-state index contributed by atoms with van der Waals surface area (Å²) in [6, 6.07) is 0. The van der Waals surface area contributed by atoms with E-state index in [9.17, 15) is 9.90 Å². The Kier molecular flexibility index (Phi) is 10.5. The van der Waals surface area contributed by atoms with Gasteiger partial charge in [-0.15, -0.1) is 0 Å². The Morgan fingerprint density at radius 2 is 1.94 bits per heavy atom. The predicted molar refractivity (Wildman–Crippen MR) is 62.2 cm³/mol. The fourth-order valence-corrected chi connectivity index (χ4v) is 1.19. The summed E-state index contributed by atoms with van der Waals surface area (Å²) in [5.41, 5.74) is 0. The van der Waals surface area contributed by atoms with Gasteiger partial charge in [-0.25, -0.2) is 0 Å². The number of hydrogen-bond donors (Lipinski definition) is 1. The third kappa shape index (κ3) is 9.93. The molecule has 4 heteroatoms. The fourth-order valence-electron chi connectivity index (χ4n) is 1.19. The highest BCUT2D eigenvalue weighted by Crippen LogP contribution is 2.01. The minimum absolute atomic E-state index is 0.0364. The van der Waals surface area contributed by atoms with Crippen molar-refractivity contribution in [3.63, 3.8) is 0 Å². The van der Waals surface area contributed by atoms with E-state index in [0.717, 1.165) is 25.7 Å². The number of rotatable bonds is 10. The van der Waals surface area contributed by atoms with E-state index in [4.69, 9.17) is 9.47 Å². The molecule has 0 fully saturated rings. The second-order valence-corrected chi connectivity index (χ2v) is 3.87. The van der Waals surface area contributed by atoms with Crippen molar-refractivity contribution in [1.82, 2.24) is 0 Å². The number of ether oxygens (including phenoxy) is 2. The van der Waals surface area contributed by atoms with Gasteiger partial charge in [0, 0.05) is 13.0 Å². The van der Waals surface area contributed by atoms with Gasteiger partial charge < -0.3 is 14.6 Å². The first-order valence-corrected chi connectivity index (χ1v) is 6.12. The number of carbonyl (C=O) groups is 1. The summed E-state index contributed by atoms with van der Waals surface area (Å²) in [7, 11) is 0. The first kappa shape index (κ1) is 15.4. The second-order valence-electron chi connectivity index (χ2n) is 3.87. The van der Waals surface area contributed by atoms with Crippen molar-refractivity contribution < 1.29 is 19.4 Å². The molecule has 0 amide bonds. The Morgan fingerprint density at radius 3 is 2.56 bits per heavy atom. The van der Waals surface area contributed by atoms with Crippen molar-refractivity contribution in [1.29, 1.82) is 0 Å². The summed E-state index contributed by atoms with van der Waals surface area (Å²) in [6.45, 7) is 4.98. The van der Waals surface area contributed by atoms with Crippen LogP contribution in [-0.4, -0.2) is 37.0 Å². The quantitative estimate of drug-likeness (QED) is 0.461. The molecular formula is C12H24O4. The summed E-state index contributed by atoms with van der Waals surface area (Å²) in [5.74, 6) is -0.233. The molecule has 1 N–H and O–H groups in total. The highest BCUT2D eigenvalue weighted by atomic mass is 16.5. The van der Waals surface area contributed by atoms with Crippen molar-refractivity contribution in [2.45, 2.75) is 52.1 Å². The topological polar surface area (TPSA) is 55.8 Å². The molecule has 0 radical (unpaired) electrons. The Balaban J connectivity index is 3.36. The number of hydrogen-bond acceptors (Lipinski definition) is 4. The first-order valence-electron chi connectivity index (χ1n) is 6.12. The van der Waals surface area contributed by atoms with E-state index in [-0.39, 0.29) is 19.2 Å². The smallest absolute Gasteiger partial charge is 0.305 e. The first-order chi connectivity index (χ1) is 7.70. The van der Waals surface area contributed by atoms with Crippen LogP contribution in [0.2, 0.25) is 0 Å². The largest absolute Gasteiger partial charge is 0.463 e. The Morgan fingerprint density at radius 1 is 1.19 bits per heavy atom. The molecule has 96 valence electrons. The lowest BCUT2D eigenvalue weighted by Gasteiger charge is -2.11. The third-order valence-corrected chi connectivity index (χ3v) is 2.08. The van der Waals surface area contributed by atoms with Crippen molar-refractivity contribution in [3.05, 3.63) is 0 Å². The second kappa shape index (κ2) is 10.9. The van der Waals surface area contributed by atoms with Gasteiger partial charge in [0.05, 0.1) is 6.61 Å². The Hall–Kier alpha value is -0.610. The zero-order valence-corrected chi connectivity index (χ0v) is 10.4. The molecule has 4 nitrogen and oxygen atoms in total. The lowest BCUT2D eigenvalue weighted by molar-refractivity contribution is -0.147. The lowest BCUT2D eigenvalue weighted by Crippen LogP contribution is -2.23. The molecule has 0 aromatic rings. The number of unbranched alkanes of at least 4 members (excludes halogenated alkanes) is 2. The van der Waals surface area contributed by atoms with Gasteiger partial charge in [0.25, 0.3) is 0 Å². The predicted octanol–water partition coefficient (Wildman–Crippen LogP) is 1.90. The molecule has 0 bridgehead atoms. The molecule has 0 rings (SSSR count). The molecule has 0 saturated heterocycles. The third-order valence-electron chi connectivity index (χ3n) is 2.08. The fraction of sp³-hybridized carbons (Fsp3) is 0.917. The maximum absolute atomic E-state index is 11.2. The molecular weight excluding hydrogens is 208 g/mol. The summed E-state index contributed by atoms with van der Waals surface area (Å²) in [5, 5.41) is 9.39. The highest BCUT2D eigenvalue weighted by Gasteiger charge is 2.08. The van der Waals surface area contributed by atoms with Crippen LogP contribution in [0.15, 0.2) is 0 Å². The number of esters is 1. The van der Waals surface area contributed by atoms with Crippen LogP contribution in [0.5, 0.6) is 0 Å². The van der Waals surface area contributed by atoms with Crippen molar-refractivity contribution in [2.75, 3.05) is 19.8 Å².